The Kier molecular flexibility index (Phi) is 6.12. The van der Waals surface area contributed by atoms with Crippen LogP contribution in [0.5, 0.6) is 11.5 Å². The zero-order chi connectivity index (χ0) is 22.6. The van der Waals surface area contributed by atoms with E-state index in [0.717, 1.165) is 33.4 Å². The van der Waals surface area contributed by atoms with E-state index >= 15 is 0 Å². The van der Waals surface area contributed by atoms with Crippen LogP contribution in [0.2, 0.25) is 5.02 Å². The molecule has 0 unspecified atom stereocenters. The van der Waals surface area contributed by atoms with Crippen molar-refractivity contribution >= 4 is 45.0 Å². The maximum Gasteiger partial charge on any atom is 0.158 e. The third kappa shape index (κ3) is 4.49. The van der Waals surface area contributed by atoms with Crippen LogP contribution in [0.1, 0.15) is 0 Å². The Bertz CT molecular complexity index is 1400. The Hall–Kier alpha value is -3.59. The molecule has 0 aliphatic rings. The van der Waals surface area contributed by atoms with E-state index in [2.05, 4.69) is 20.3 Å². The highest BCUT2D eigenvalue weighted by molar-refractivity contribution is 6.32. The molecule has 0 radical (unpaired) electrons. The molecule has 8 nitrogen and oxygen atoms in total. The Morgan fingerprint density at radius 3 is 2.88 bits per heavy atom. The Morgan fingerprint density at radius 2 is 2.00 bits per heavy atom. The number of ether oxygens (including phenoxy) is 2. The molecule has 5 aromatic rings. The topological polar surface area (TPSA) is 97.2 Å². The van der Waals surface area contributed by atoms with Gasteiger partial charge in [-0.2, -0.15) is 0 Å². The number of benzene rings is 2. The van der Waals surface area contributed by atoms with Gasteiger partial charge in [-0.3, -0.25) is 0 Å². The van der Waals surface area contributed by atoms with Gasteiger partial charge in [0.2, 0.25) is 0 Å². The molecule has 0 saturated heterocycles. The zero-order valence-corrected chi connectivity index (χ0v) is 18.4. The van der Waals surface area contributed by atoms with Crippen molar-refractivity contribution in [3.63, 3.8) is 0 Å². The number of aliphatic hydroxyl groups excluding tert-OH is 1. The number of H-pyrrole nitrogens is 1. The highest BCUT2D eigenvalue weighted by Crippen LogP contribution is 2.36. The summed E-state index contributed by atoms with van der Waals surface area (Å²) in [5, 5.41) is 13.7. The summed E-state index contributed by atoms with van der Waals surface area (Å²) in [6.45, 7) is 1.41. The molecule has 168 valence electrons. The van der Waals surface area contributed by atoms with Crippen LogP contribution < -0.4 is 10.1 Å². The fourth-order valence-corrected chi connectivity index (χ4v) is 3.92. The van der Waals surface area contributed by atoms with E-state index in [4.69, 9.17) is 26.2 Å². The predicted octanol–water partition coefficient (Wildman–Crippen LogP) is 5.11. The van der Waals surface area contributed by atoms with Crippen molar-refractivity contribution in [3.05, 3.63) is 72.3 Å². The van der Waals surface area contributed by atoms with Gasteiger partial charge < -0.3 is 29.4 Å². The van der Waals surface area contributed by atoms with Crippen LogP contribution in [-0.4, -0.2) is 44.4 Å². The van der Waals surface area contributed by atoms with E-state index in [1.807, 2.05) is 59.4 Å². The van der Waals surface area contributed by atoms with Crippen LogP contribution in [0.25, 0.3) is 21.9 Å². The van der Waals surface area contributed by atoms with E-state index in [1.54, 1.807) is 6.07 Å². The molecular weight excluding hydrogens is 442 g/mol. The minimum Gasteiger partial charge on any atom is -0.455 e. The maximum absolute atomic E-state index is 8.88. The molecule has 3 aromatic heterocycles. The second kappa shape index (κ2) is 9.50. The van der Waals surface area contributed by atoms with Crippen molar-refractivity contribution in [2.24, 2.45) is 0 Å². The van der Waals surface area contributed by atoms with E-state index in [9.17, 15) is 0 Å². The quantitative estimate of drug-likeness (QED) is 0.263. The maximum atomic E-state index is 8.88. The van der Waals surface area contributed by atoms with Crippen molar-refractivity contribution in [3.8, 4) is 11.5 Å². The normalized spacial score (nSPS) is 11.3. The summed E-state index contributed by atoms with van der Waals surface area (Å²) in [7, 11) is 0. The highest BCUT2D eigenvalue weighted by Gasteiger charge is 2.12. The molecular formula is C24H22ClN5O3. The lowest BCUT2D eigenvalue weighted by Crippen LogP contribution is -2.09. The van der Waals surface area contributed by atoms with Gasteiger partial charge in [-0.15, -0.1) is 0 Å². The standard InChI is InChI=1S/C24H22ClN5O3/c25-18-14-16(4-5-22(18)33-21-3-1-2-19-17(21)6-8-26-19)29-24-23-20(27-15-28-24)7-9-30(23)10-12-32-13-11-31/h1-9,14-15,26,31H,10-13H2,(H,27,28,29). The first kappa shape index (κ1) is 21.3. The summed E-state index contributed by atoms with van der Waals surface area (Å²) in [6.07, 6.45) is 5.34. The number of aromatic amines is 1. The van der Waals surface area contributed by atoms with Crippen LogP contribution in [0.15, 0.2) is 67.3 Å². The van der Waals surface area contributed by atoms with Crippen LogP contribution >= 0.6 is 11.6 Å². The molecule has 0 spiro atoms. The molecule has 9 heteroatoms. The monoisotopic (exact) mass is 463 g/mol. The summed E-state index contributed by atoms with van der Waals surface area (Å²) in [5.41, 5.74) is 3.46. The molecule has 0 saturated carbocycles. The molecule has 0 bridgehead atoms. The predicted molar refractivity (Wildman–Crippen MR) is 129 cm³/mol. The fourth-order valence-electron chi connectivity index (χ4n) is 3.70. The first-order chi connectivity index (χ1) is 16.2. The number of aromatic nitrogens is 4. The highest BCUT2D eigenvalue weighted by atomic mass is 35.5. The lowest BCUT2D eigenvalue weighted by atomic mass is 10.2. The molecule has 2 aromatic carbocycles. The van der Waals surface area contributed by atoms with E-state index in [-0.39, 0.29) is 6.61 Å². The van der Waals surface area contributed by atoms with Gasteiger partial charge in [-0.1, -0.05) is 17.7 Å². The van der Waals surface area contributed by atoms with Crippen molar-refractivity contribution in [1.29, 1.82) is 0 Å². The molecule has 0 fully saturated rings. The first-order valence-electron chi connectivity index (χ1n) is 10.5. The smallest absolute Gasteiger partial charge is 0.158 e. The molecule has 3 N–H and O–H groups in total. The Labute approximate surface area is 194 Å². The number of hydrogen-bond donors (Lipinski definition) is 3. The minimum absolute atomic E-state index is 0.00312. The van der Waals surface area contributed by atoms with Crippen molar-refractivity contribution in [2.75, 3.05) is 25.1 Å². The van der Waals surface area contributed by atoms with Gasteiger partial charge in [-0.25, -0.2) is 9.97 Å². The van der Waals surface area contributed by atoms with Gasteiger partial charge in [0.15, 0.2) is 5.82 Å². The van der Waals surface area contributed by atoms with E-state index in [1.165, 1.54) is 6.33 Å². The van der Waals surface area contributed by atoms with Gasteiger partial charge in [0, 0.05) is 35.5 Å². The van der Waals surface area contributed by atoms with Gasteiger partial charge >= 0.3 is 0 Å². The Balaban J connectivity index is 1.37. The van der Waals surface area contributed by atoms with Gasteiger partial charge in [0.1, 0.15) is 23.3 Å². The van der Waals surface area contributed by atoms with Crippen LogP contribution in [-0.2, 0) is 11.3 Å². The summed E-state index contributed by atoms with van der Waals surface area (Å²) in [6, 6.07) is 15.3. The number of fused-ring (bicyclic) bond motifs is 2. The third-order valence-corrected chi connectivity index (χ3v) is 5.53. The third-order valence-electron chi connectivity index (χ3n) is 5.23. The second-order valence-electron chi connectivity index (χ2n) is 7.37. The van der Waals surface area contributed by atoms with Gasteiger partial charge in [0.05, 0.1) is 30.4 Å². The number of nitrogens with one attached hydrogen (secondary N) is 2. The zero-order valence-electron chi connectivity index (χ0n) is 17.7. The average Bonchev–Trinajstić information content (AvgIpc) is 3.47. The first-order valence-corrected chi connectivity index (χ1v) is 10.9. The Morgan fingerprint density at radius 1 is 1.06 bits per heavy atom. The SMILES string of the molecule is OCCOCCn1ccc2ncnc(Nc3ccc(Oc4cccc5[nH]ccc45)c(Cl)c3)c21. The van der Waals surface area contributed by atoms with Crippen molar-refractivity contribution < 1.29 is 14.6 Å². The average molecular weight is 464 g/mol. The number of aliphatic hydroxyl groups is 1. The molecule has 5 rings (SSSR count). The summed E-state index contributed by atoms with van der Waals surface area (Å²) in [4.78, 5) is 11.9. The number of hydrogen-bond acceptors (Lipinski definition) is 6. The second-order valence-corrected chi connectivity index (χ2v) is 7.78. The largest absolute Gasteiger partial charge is 0.455 e. The number of anilines is 2. The van der Waals surface area contributed by atoms with Crippen molar-refractivity contribution in [1.82, 2.24) is 19.5 Å². The summed E-state index contributed by atoms with van der Waals surface area (Å²) < 4.78 is 13.5. The van der Waals surface area contributed by atoms with Gasteiger partial charge in [0.25, 0.3) is 0 Å². The van der Waals surface area contributed by atoms with Crippen LogP contribution in [0, 0.1) is 0 Å². The number of halogens is 1. The molecule has 3 heterocycles. The van der Waals surface area contributed by atoms with Crippen LogP contribution in [0.3, 0.4) is 0 Å². The molecule has 0 amide bonds. The van der Waals surface area contributed by atoms with Crippen molar-refractivity contribution in [2.45, 2.75) is 6.54 Å². The van der Waals surface area contributed by atoms with E-state index in [0.29, 0.717) is 36.3 Å². The molecule has 0 atom stereocenters. The molecule has 0 aliphatic carbocycles. The lowest BCUT2D eigenvalue weighted by molar-refractivity contribution is 0.0875. The number of nitrogens with zero attached hydrogens (tertiary/aromatic N) is 3. The van der Waals surface area contributed by atoms with Crippen LogP contribution in [0.4, 0.5) is 11.5 Å². The molecule has 33 heavy (non-hydrogen) atoms. The summed E-state index contributed by atoms with van der Waals surface area (Å²) >= 11 is 6.55. The number of rotatable bonds is 9. The molecule has 0 aliphatic heterocycles. The summed E-state index contributed by atoms with van der Waals surface area (Å²) in [5.74, 6) is 1.96. The fraction of sp³-hybridized carbons (Fsp3) is 0.167. The minimum atomic E-state index is 0.00312. The van der Waals surface area contributed by atoms with E-state index < -0.39 is 0 Å². The van der Waals surface area contributed by atoms with Gasteiger partial charge in [-0.05, 0) is 42.5 Å². The lowest BCUT2D eigenvalue weighted by Gasteiger charge is -2.13.